The maximum atomic E-state index is 13.3. The van der Waals surface area contributed by atoms with Crippen molar-refractivity contribution < 1.29 is 9.59 Å². The normalized spacial score (nSPS) is 21.0. The molecule has 0 spiro atoms. The molecule has 5 nitrogen and oxygen atoms in total. The number of carbonyl (C=O) groups is 2. The molecule has 5 heteroatoms. The maximum absolute atomic E-state index is 13.3. The molecule has 1 N–H and O–H groups in total. The third kappa shape index (κ3) is 4.89. The summed E-state index contributed by atoms with van der Waals surface area (Å²) in [7, 11) is 2.14. The van der Waals surface area contributed by atoms with E-state index >= 15 is 0 Å². The van der Waals surface area contributed by atoms with Crippen molar-refractivity contribution in [2.24, 2.45) is 5.41 Å². The minimum Gasteiger partial charge on any atom is -0.340 e. The minimum atomic E-state index is -0.364. The first-order valence-electron chi connectivity index (χ1n) is 10.1. The summed E-state index contributed by atoms with van der Waals surface area (Å²) in [6.07, 6.45) is 3.26. The zero-order valence-electron chi connectivity index (χ0n) is 17.1. The van der Waals surface area contributed by atoms with Crippen LogP contribution < -0.4 is 5.32 Å². The number of nitrogens with zero attached hydrogens (tertiary/aromatic N) is 2. The molecule has 2 aliphatic heterocycles. The molecule has 0 aliphatic carbocycles. The van der Waals surface area contributed by atoms with Gasteiger partial charge in [0, 0.05) is 24.7 Å². The first kappa shape index (κ1) is 19.9. The highest BCUT2D eigenvalue weighted by Gasteiger charge is 2.35. The van der Waals surface area contributed by atoms with Crippen LogP contribution in [0.4, 0.5) is 5.69 Å². The number of likely N-dealkylation sites (tertiary alicyclic amines) is 1. The van der Waals surface area contributed by atoms with Gasteiger partial charge in [-0.05, 0) is 56.4 Å². The first-order chi connectivity index (χ1) is 12.7. The molecule has 1 atom stereocenters. The number of rotatable bonds is 5. The van der Waals surface area contributed by atoms with Crippen LogP contribution in [0.5, 0.6) is 0 Å². The summed E-state index contributed by atoms with van der Waals surface area (Å²) in [5.41, 5.74) is 1.98. The van der Waals surface area contributed by atoms with E-state index in [9.17, 15) is 9.59 Å². The highest BCUT2D eigenvalue weighted by Crippen LogP contribution is 2.35. The smallest absolute Gasteiger partial charge is 0.232 e. The lowest BCUT2D eigenvalue weighted by Gasteiger charge is -2.39. The Hall–Kier alpha value is -1.88. The van der Waals surface area contributed by atoms with Crippen LogP contribution in [-0.4, -0.2) is 54.3 Å². The lowest BCUT2D eigenvalue weighted by Crippen LogP contribution is -2.48. The van der Waals surface area contributed by atoms with Crippen LogP contribution >= 0.6 is 0 Å². The van der Waals surface area contributed by atoms with Crippen LogP contribution in [0.15, 0.2) is 24.3 Å². The highest BCUT2D eigenvalue weighted by atomic mass is 16.2. The van der Waals surface area contributed by atoms with Gasteiger partial charge in [-0.1, -0.05) is 39.0 Å². The van der Waals surface area contributed by atoms with Gasteiger partial charge in [0.25, 0.3) is 0 Å². The monoisotopic (exact) mass is 371 g/mol. The predicted octanol–water partition coefficient (Wildman–Crippen LogP) is 3.47. The quantitative estimate of drug-likeness (QED) is 0.862. The van der Waals surface area contributed by atoms with Gasteiger partial charge in [-0.15, -0.1) is 0 Å². The molecule has 148 valence electrons. The fourth-order valence-electron chi connectivity index (χ4n) is 4.04. The summed E-state index contributed by atoms with van der Waals surface area (Å²) in [4.78, 5) is 30.1. The van der Waals surface area contributed by atoms with Crippen LogP contribution in [0, 0.1) is 5.41 Å². The van der Waals surface area contributed by atoms with E-state index in [0.717, 1.165) is 50.1 Å². The molecule has 1 fully saturated rings. The van der Waals surface area contributed by atoms with E-state index in [1.807, 2.05) is 24.3 Å². The summed E-state index contributed by atoms with van der Waals surface area (Å²) in [6, 6.07) is 8.00. The van der Waals surface area contributed by atoms with E-state index in [1.54, 1.807) is 0 Å². The third-order valence-corrected chi connectivity index (χ3v) is 5.84. The summed E-state index contributed by atoms with van der Waals surface area (Å²) < 4.78 is 0. The van der Waals surface area contributed by atoms with Crippen molar-refractivity contribution in [1.82, 2.24) is 9.80 Å². The average molecular weight is 372 g/mol. The molecule has 27 heavy (non-hydrogen) atoms. The zero-order chi connectivity index (χ0) is 19.6. The lowest BCUT2D eigenvalue weighted by molar-refractivity contribution is -0.136. The molecular weight excluding hydrogens is 338 g/mol. The summed E-state index contributed by atoms with van der Waals surface area (Å²) in [5.74, 6) is -0.300. The van der Waals surface area contributed by atoms with E-state index in [4.69, 9.17) is 0 Å². The molecule has 3 rings (SSSR count). The number of amides is 2. The Balaban J connectivity index is 1.73. The van der Waals surface area contributed by atoms with Gasteiger partial charge < -0.3 is 15.1 Å². The summed E-state index contributed by atoms with van der Waals surface area (Å²) in [5, 5.41) is 2.92. The maximum Gasteiger partial charge on any atom is 0.232 e. The van der Waals surface area contributed by atoms with Crippen molar-refractivity contribution in [2.45, 2.75) is 58.4 Å². The number of nitrogens with one attached hydrogen (secondary N) is 1. The molecule has 1 aromatic carbocycles. The molecule has 2 heterocycles. The molecule has 2 amide bonds. The zero-order valence-corrected chi connectivity index (χ0v) is 17.1. The van der Waals surface area contributed by atoms with E-state index < -0.39 is 0 Å². The van der Waals surface area contributed by atoms with Crippen LogP contribution in [-0.2, 0) is 9.59 Å². The van der Waals surface area contributed by atoms with Gasteiger partial charge in [0.05, 0.1) is 5.92 Å². The average Bonchev–Trinajstić information content (AvgIpc) is 2.91. The predicted molar refractivity (Wildman–Crippen MR) is 109 cm³/mol. The molecule has 0 radical (unpaired) electrons. The van der Waals surface area contributed by atoms with Crippen molar-refractivity contribution in [3.05, 3.63) is 29.8 Å². The molecule has 2 aliphatic rings. The minimum absolute atomic E-state index is 0.0521. The fraction of sp³-hybridized carbons (Fsp3) is 0.636. The molecular formula is C22H33N3O2. The topological polar surface area (TPSA) is 52.7 Å². The standard InChI is InChI=1S/C22H33N3O2/c1-22(2,3)11-14-25(16-9-12-24(4)13-10-16)20(26)15-18-17-7-5-6-8-19(17)23-21(18)27/h5-8,16,18H,9-15H2,1-4H3,(H,23,27). The Morgan fingerprint density at radius 3 is 2.56 bits per heavy atom. The second kappa shape index (κ2) is 8.01. The fourth-order valence-corrected chi connectivity index (χ4v) is 4.04. The summed E-state index contributed by atoms with van der Waals surface area (Å²) >= 11 is 0. The largest absolute Gasteiger partial charge is 0.340 e. The number of hydrogen-bond acceptors (Lipinski definition) is 3. The lowest BCUT2D eigenvalue weighted by atomic mass is 9.90. The van der Waals surface area contributed by atoms with Gasteiger partial charge in [0.2, 0.25) is 11.8 Å². The number of piperidine rings is 1. The molecule has 1 aromatic rings. The van der Waals surface area contributed by atoms with Crippen molar-refractivity contribution in [3.8, 4) is 0 Å². The van der Waals surface area contributed by atoms with E-state index in [1.165, 1.54) is 0 Å². The molecule has 0 saturated carbocycles. The van der Waals surface area contributed by atoms with Crippen molar-refractivity contribution >= 4 is 17.5 Å². The van der Waals surface area contributed by atoms with E-state index in [0.29, 0.717) is 0 Å². The highest BCUT2D eigenvalue weighted by molar-refractivity contribution is 6.04. The number of fused-ring (bicyclic) bond motifs is 1. The Labute approximate surface area is 163 Å². The van der Waals surface area contributed by atoms with Crippen LogP contribution in [0.2, 0.25) is 0 Å². The number of para-hydroxylation sites is 1. The van der Waals surface area contributed by atoms with Gasteiger partial charge in [0.1, 0.15) is 0 Å². The van der Waals surface area contributed by atoms with Crippen molar-refractivity contribution in [3.63, 3.8) is 0 Å². The van der Waals surface area contributed by atoms with Crippen molar-refractivity contribution in [2.75, 3.05) is 32.0 Å². The van der Waals surface area contributed by atoms with Crippen LogP contribution in [0.1, 0.15) is 57.9 Å². The number of benzene rings is 1. The Kier molecular flexibility index (Phi) is 5.89. The van der Waals surface area contributed by atoms with Gasteiger partial charge in [-0.3, -0.25) is 9.59 Å². The number of hydrogen-bond donors (Lipinski definition) is 1. The summed E-state index contributed by atoms with van der Waals surface area (Å²) in [6.45, 7) is 9.46. The molecule has 0 bridgehead atoms. The molecule has 1 saturated heterocycles. The van der Waals surface area contributed by atoms with Gasteiger partial charge in [-0.25, -0.2) is 0 Å². The van der Waals surface area contributed by atoms with Gasteiger partial charge >= 0.3 is 0 Å². The SMILES string of the molecule is CN1CCC(N(CCC(C)(C)C)C(=O)CC2C(=O)Nc3ccccc32)CC1. The van der Waals surface area contributed by atoms with Crippen LogP contribution in [0.25, 0.3) is 0 Å². The third-order valence-electron chi connectivity index (χ3n) is 5.84. The van der Waals surface area contributed by atoms with Crippen molar-refractivity contribution in [1.29, 1.82) is 0 Å². The Morgan fingerprint density at radius 2 is 1.89 bits per heavy atom. The van der Waals surface area contributed by atoms with Gasteiger partial charge in [-0.2, -0.15) is 0 Å². The molecule has 1 unspecified atom stereocenters. The number of anilines is 1. The first-order valence-corrected chi connectivity index (χ1v) is 10.1. The Bertz CT molecular complexity index is 687. The van der Waals surface area contributed by atoms with E-state index in [2.05, 4.69) is 42.9 Å². The molecule has 0 aromatic heterocycles. The van der Waals surface area contributed by atoms with Gasteiger partial charge in [0.15, 0.2) is 0 Å². The second-order valence-electron chi connectivity index (χ2n) is 9.27. The number of carbonyl (C=O) groups excluding carboxylic acids is 2. The Morgan fingerprint density at radius 1 is 1.22 bits per heavy atom. The second-order valence-corrected chi connectivity index (χ2v) is 9.27. The van der Waals surface area contributed by atoms with E-state index in [-0.39, 0.29) is 35.6 Å². The van der Waals surface area contributed by atoms with Crippen LogP contribution in [0.3, 0.4) is 0 Å².